The normalized spacial score (nSPS) is 21.2. The molecule has 3 amide bonds. The van der Waals surface area contributed by atoms with E-state index in [2.05, 4.69) is 11.9 Å². The summed E-state index contributed by atoms with van der Waals surface area (Å²) in [5, 5.41) is 8.77. The predicted octanol–water partition coefficient (Wildman–Crippen LogP) is 0.756. The van der Waals surface area contributed by atoms with E-state index >= 15 is 0 Å². The van der Waals surface area contributed by atoms with E-state index in [1.54, 1.807) is 23.7 Å². The molecule has 0 saturated carbocycles. The van der Waals surface area contributed by atoms with Gasteiger partial charge in [-0.1, -0.05) is 6.07 Å². The first kappa shape index (κ1) is 17.5. The van der Waals surface area contributed by atoms with Gasteiger partial charge in [-0.15, -0.1) is 0 Å². The number of hydrogen-bond acceptors (Lipinski definition) is 5. The number of hydroxylamine groups is 1. The molecule has 0 spiro atoms. The summed E-state index contributed by atoms with van der Waals surface area (Å²) in [5.74, 6) is -0.0179. The first-order valence-corrected chi connectivity index (χ1v) is 8.44. The molecule has 1 saturated heterocycles. The van der Waals surface area contributed by atoms with Gasteiger partial charge in [0.1, 0.15) is 12.4 Å². The minimum absolute atomic E-state index is 0.0224. The summed E-state index contributed by atoms with van der Waals surface area (Å²) in [6, 6.07) is 4.92. The Bertz CT molecular complexity index is 658. The molecule has 0 aliphatic carbocycles. The van der Waals surface area contributed by atoms with Crippen LogP contribution in [0.5, 0.6) is 5.75 Å². The van der Waals surface area contributed by atoms with Gasteiger partial charge in [-0.3, -0.25) is 10.0 Å². The number of amides is 3. The maximum atomic E-state index is 12.9. The monoisotopic (exact) mass is 348 g/mol. The zero-order chi connectivity index (χ0) is 18.0. The van der Waals surface area contributed by atoms with E-state index in [4.69, 9.17) is 9.94 Å². The number of hydrogen-bond donors (Lipinski definition) is 2. The van der Waals surface area contributed by atoms with Crippen LogP contribution in [0.1, 0.15) is 22.8 Å². The van der Waals surface area contributed by atoms with Gasteiger partial charge in [0.2, 0.25) is 0 Å². The summed E-state index contributed by atoms with van der Waals surface area (Å²) >= 11 is 0. The fourth-order valence-electron chi connectivity index (χ4n) is 3.10. The molecule has 2 aliphatic rings. The Morgan fingerprint density at radius 2 is 1.96 bits per heavy atom. The molecule has 1 atom stereocenters. The minimum Gasteiger partial charge on any atom is -0.491 e. The van der Waals surface area contributed by atoms with Crippen molar-refractivity contribution in [1.29, 1.82) is 0 Å². The molecule has 1 aromatic carbocycles. The number of benzene rings is 1. The molecule has 1 aromatic rings. The Hall–Kier alpha value is -2.32. The lowest BCUT2D eigenvalue weighted by Crippen LogP contribution is -2.53. The SMILES string of the molecule is C[C@H]1COc2cc(C(=O)NO)ccc2CN1C(=O)N1CCN(C)CC1. The number of urea groups is 1. The number of rotatable bonds is 1. The lowest BCUT2D eigenvalue weighted by atomic mass is 10.1. The van der Waals surface area contributed by atoms with Crippen molar-refractivity contribution in [2.24, 2.45) is 0 Å². The maximum absolute atomic E-state index is 12.9. The van der Waals surface area contributed by atoms with Gasteiger partial charge < -0.3 is 19.4 Å². The van der Waals surface area contributed by atoms with E-state index in [0.717, 1.165) is 31.7 Å². The highest BCUT2D eigenvalue weighted by molar-refractivity contribution is 5.93. The Kier molecular flexibility index (Phi) is 5.10. The first-order valence-electron chi connectivity index (χ1n) is 8.44. The van der Waals surface area contributed by atoms with Crippen LogP contribution in [0.2, 0.25) is 0 Å². The van der Waals surface area contributed by atoms with Gasteiger partial charge in [-0.2, -0.15) is 0 Å². The summed E-state index contributed by atoms with van der Waals surface area (Å²) in [5.41, 5.74) is 2.78. The molecule has 2 N–H and O–H groups in total. The van der Waals surface area contributed by atoms with Crippen LogP contribution >= 0.6 is 0 Å². The Labute approximate surface area is 146 Å². The second-order valence-electron chi connectivity index (χ2n) is 6.62. The molecular formula is C17H24N4O4. The third-order valence-corrected chi connectivity index (χ3v) is 4.80. The standard InChI is InChI=1S/C17H24N4O4/c1-12-11-25-15-9-13(16(22)18-24)3-4-14(15)10-21(12)17(23)20-7-5-19(2)6-8-20/h3-4,9,12,24H,5-8,10-11H2,1-2H3,(H,18,22)/t12-/m0/s1. The molecule has 2 heterocycles. The number of carbonyl (C=O) groups excluding carboxylic acids is 2. The van der Waals surface area contributed by atoms with Crippen molar-refractivity contribution in [2.75, 3.05) is 39.8 Å². The lowest BCUT2D eigenvalue weighted by molar-refractivity contribution is 0.0706. The number of nitrogens with one attached hydrogen (secondary N) is 1. The highest BCUT2D eigenvalue weighted by Crippen LogP contribution is 2.27. The van der Waals surface area contributed by atoms with Crippen molar-refractivity contribution in [2.45, 2.75) is 19.5 Å². The van der Waals surface area contributed by atoms with Crippen molar-refractivity contribution in [3.63, 3.8) is 0 Å². The number of likely N-dealkylation sites (N-methyl/N-ethyl adjacent to an activating group) is 1. The molecule has 8 heteroatoms. The number of nitrogens with zero attached hydrogens (tertiary/aromatic N) is 3. The number of piperazine rings is 1. The van der Waals surface area contributed by atoms with Gasteiger partial charge in [-0.05, 0) is 26.1 Å². The second kappa shape index (κ2) is 7.28. The average Bonchev–Trinajstić information content (AvgIpc) is 2.79. The minimum atomic E-state index is -0.589. The summed E-state index contributed by atoms with van der Waals surface area (Å²) in [6.45, 7) is 5.95. The van der Waals surface area contributed by atoms with Gasteiger partial charge in [0.25, 0.3) is 5.91 Å². The van der Waals surface area contributed by atoms with Gasteiger partial charge in [0, 0.05) is 37.3 Å². The zero-order valence-electron chi connectivity index (χ0n) is 14.6. The third kappa shape index (κ3) is 3.69. The van der Waals surface area contributed by atoms with Gasteiger partial charge >= 0.3 is 6.03 Å². The molecule has 136 valence electrons. The van der Waals surface area contributed by atoms with Gasteiger partial charge in [-0.25, -0.2) is 10.3 Å². The Balaban J connectivity index is 1.78. The average molecular weight is 348 g/mol. The maximum Gasteiger partial charge on any atom is 0.320 e. The largest absolute Gasteiger partial charge is 0.491 e. The van der Waals surface area contributed by atoms with Crippen LogP contribution in [0.15, 0.2) is 18.2 Å². The number of carbonyl (C=O) groups is 2. The van der Waals surface area contributed by atoms with Crippen LogP contribution in [0.4, 0.5) is 4.79 Å². The van der Waals surface area contributed by atoms with E-state index in [1.165, 1.54) is 0 Å². The van der Waals surface area contributed by atoms with Crippen molar-refractivity contribution in [1.82, 2.24) is 20.2 Å². The van der Waals surface area contributed by atoms with Crippen LogP contribution in [-0.4, -0.2) is 77.7 Å². The smallest absolute Gasteiger partial charge is 0.320 e. The Morgan fingerprint density at radius 3 is 2.64 bits per heavy atom. The molecule has 1 fully saturated rings. The van der Waals surface area contributed by atoms with Crippen LogP contribution < -0.4 is 10.2 Å². The quantitative estimate of drug-likeness (QED) is 0.578. The predicted molar refractivity (Wildman–Crippen MR) is 90.7 cm³/mol. The lowest BCUT2D eigenvalue weighted by Gasteiger charge is -2.37. The molecular weight excluding hydrogens is 324 g/mol. The Morgan fingerprint density at radius 1 is 1.24 bits per heavy atom. The van der Waals surface area contributed by atoms with E-state index in [9.17, 15) is 9.59 Å². The van der Waals surface area contributed by atoms with Crippen LogP contribution in [0, 0.1) is 0 Å². The van der Waals surface area contributed by atoms with Crippen molar-refractivity contribution < 1.29 is 19.5 Å². The number of fused-ring (bicyclic) bond motifs is 1. The van der Waals surface area contributed by atoms with Crippen LogP contribution in [0.25, 0.3) is 0 Å². The third-order valence-electron chi connectivity index (χ3n) is 4.80. The van der Waals surface area contributed by atoms with E-state index < -0.39 is 5.91 Å². The van der Waals surface area contributed by atoms with Gasteiger partial charge in [0.05, 0.1) is 12.6 Å². The summed E-state index contributed by atoms with van der Waals surface area (Å²) < 4.78 is 5.80. The summed E-state index contributed by atoms with van der Waals surface area (Å²) in [7, 11) is 2.06. The van der Waals surface area contributed by atoms with E-state index in [1.807, 2.05) is 16.7 Å². The van der Waals surface area contributed by atoms with E-state index in [-0.39, 0.29) is 12.1 Å². The highest BCUT2D eigenvalue weighted by atomic mass is 16.5. The fourth-order valence-corrected chi connectivity index (χ4v) is 3.10. The summed E-state index contributed by atoms with van der Waals surface area (Å²) in [6.07, 6.45) is 0. The number of ether oxygens (including phenoxy) is 1. The molecule has 0 radical (unpaired) electrons. The molecule has 25 heavy (non-hydrogen) atoms. The van der Waals surface area contributed by atoms with Gasteiger partial charge in [0.15, 0.2) is 0 Å². The first-order chi connectivity index (χ1) is 12.0. The molecule has 0 unspecified atom stereocenters. The van der Waals surface area contributed by atoms with E-state index in [0.29, 0.717) is 24.5 Å². The van der Waals surface area contributed by atoms with Crippen LogP contribution in [0.3, 0.4) is 0 Å². The highest BCUT2D eigenvalue weighted by Gasteiger charge is 2.30. The fraction of sp³-hybridized carbons (Fsp3) is 0.529. The van der Waals surface area contributed by atoms with Crippen molar-refractivity contribution in [3.8, 4) is 5.75 Å². The second-order valence-corrected chi connectivity index (χ2v) is 6.62. The topological polar surface area (TPSA) is 85.3 Å². The molecule has 3 rings (SSSR count). The summed E-state index contributed by atoms with van der Waals surface area (Å²) in [4.78, 5) is 30.4. The molecule has 2 aliphatic heterocycles. The van der Waals surface area contributed by atoms with Crippen molar-refractivity contribution >= 4 is 11.9 Å². The van der Waals surface area contributed by atoms with Crippen LogP contribution in [-0.2, 0) is 6.54 Å². The molecule has 8 nitrogen and oxygen atoms in total. The van der Waals surface area contributed by atoms with Crippen molar-refractivity contribution in [3.05, 3.63) is 29.3 Å². The molecule has 0 bridgehead atoms. The molecule has 0 aromatic heterocycles. The zero-order valence-corrected chi connectivity index (χ0v) is 14.6.